The van der Waals surface area contributed by atoms with Crippen molar-refractivity contribution in [3.63, 3.8) is 0 Å². The smallest absolute Gasteiger partial charge is 0.255 e. The van der Waals surface area contributed by atoms with Gasteiger partial charge in [0, 0.05) is 29.8 Å². The van der Waals surface area contributed by atoms with Gasteiger partial charge in [0.05, 0.1) is 4.90 Å². The van der Waals surface area contributed by atoms with Crippen molar-refractivity contribution in [3.8, 4) is 0 Å². The largest absolute Gasteiger partial charge is 0.322 e. The highest BCUT2D eigenvalue weighted by Crippen LogP contribution is 2.20. The summed E-state index contributed by atoms with van der Waals surface area (Å²) in [6.45, 7) is 1.93. The van der Waals surface area contributed by atoms with Crippen molar-refractivity contribution >= 4 is 37.5 Å². The van der Waals surface area contributed by atoms with Gasteiger partial charge in [-0.1, -0.05) is 15.9 Å². The molecule has 0 aliphatic carbocycles. The SMILES string of the molecule is Cc1cc(Br)cc(NC(=O)c2ccc(S(=O)(=O)N(C)C)cc2)c1. The van der Waals surface area contributed by atoms with Crippen molar-refractivity contribution in [3.05, 3.63) is 58.1 Å². The van der Waals surface area contributed by atoms with Crippen LogP contribution in [0.1, 0.15) is 15.9 Å². The zero-order chi connectivity index (χ0) is 17.2. The van der Waals surface area contributed by atoms with Gasteiger partial charge in [0.2, 0.25) is 10.0 Å². The normalized spacial score (nSPS) is 11.5. The molecule has 0 spiro atoms. The molecule has 2 aromatic carbocycles. The molecule has 2 aromatic rings. The molecule has 1 N–H and O–H groups in total. The van der Waals surface area contributed by atoms with E-state index in [-0.39, 0.29) is 10.8 Å². The Morgan fingerprint density at radius 2 is 1.70 bits per heavy atom. The van der Waals surface area contributed by atoms with Gasteiger partial charge < -0.3 is 5.32 Å². The number of aryl methyl sites for hydroxylation is 1. The predicted molar refractivity (Wildman–Crippen MR) is 94.1 cm³/mol. The highest BCUT2D eigenvalue weighted by Gasteiger charge is 2.17. The van der Waals surface area contributed by atoms with Crippen molar-refractivity contribution in [1.82, 2.24) is 4.31 Å². The van der Waals surface area contributed by atoms with Gasteiger partial charge in [0.25, 0.3) is 5.91 Å². The molecule has 0 radical (unpaired) electrons. The number of rotatable bonds is 4. The molecule has 0 bridgehead atoms. The fourth-order valence-corrected chi connectivity index (χ4v) is 3.51. The Hall–Kier alpha value is -1.70. The lowest BCUT2D eigenvalue weighted by molar-refractivity contribution is 0.102. The maximum atomic E-state index is 12.2. The second-order valence-corrected chi connectivity index (χ2v) is 8.35. The van der Waals surface area contributed by atoms with E-state index in [0.29, 0.717) is 11.3 Å². The van der Waals surface area contributed by atoms with E-state index in [1.54, 1.807) is 6.07 Å². The first-order chi connectivity index (χ1) is 10.7. The van der Waals surface area contributed by atoms with E-state index >= 15 is 0 Å². The van der Waals surface area contributed by atoms with E-state index in [0.717, 1.165) is 14.3 Å². The molecule has 0 fully saturated rings. The van der Waals surface area contributed by atoms with Crippen LogP contribution in [-0.2, 0) is 10.0 Å². The van der Waals surface area contributed by atoms with Crippen molar-refractivity contribution in [1.29, 1.82) is 0 Å². The van der Waals surface area contributed by atoms with Crippen LogP contribution in [-0.4, -0.2) is 32.7 Å². The molecule has 122 valence electrons. The maximum absolute atomic E-state index is 12.2. The molecule has 0 unspecified atom stereocenters. The first-order valence-electron chi connectivity index (χ1n) is 6.81. The third-order valence-electron chi connectivity index (χ3n) is 3.20. The average molecular weight is 397 g/mol. The van der Waals surface area contributed by atoms with E-state index in [1.165, 1.54) is 38.4 Å². The molecule has 23 heavy (non-hydrogen) atoms. The molecule has 5 nitrogen and oxygen atoms in total. The minimum Gasteiger partial charge on any atom is -0.322 e. The third kappa shape index (κ3) is 4.19. The van der Waals surface area contributed by atoms with Crippen molar-refractivity contribution in [2.45, 2.75) is 11.8 Å². The Morgan fingerprint density at radius 3 is 2.22 bits per heavy atom. The Kier molecular flexibility index (Phi) is 5.23. The Labute approximate surface area is 144 Å². The van der Waals surface area contributed by atoms with Gasteiger partial charge in [-0.25, -0.2) is 12.7 Å². The van der Waals surface area contributed by atoms with E-state index in [9.17, 15) is 13.2 Å². The number of nitrogens with one attached hydrogen (secondary N) is 1. The summed E-state index contributed by atoms with van der Waals surface area (Å²) in [5.41, 5.74) is 2.08. The van der Waals surface area contributed by atoms with Gasteiger partial charge in [0.1, 0.15) is 0 Å². The number of benzene rings is 2. The van der Waals surface area contributed by atoms with Crippen molar-refractivity contribution in [2.75, 3.05) is 19.4 Å². The minimum atomic E-state index is -3.49. The number of hydrogen-bond donors (Lipinski definition) is 1. The van der Waals surface area contributed by atoms with Crippen LogP contribution in [0.15, 0.2) is 51.8 Å². The molecule has 7 heteroatoms. The topological polar surface area (TPSA) is 66.5 Å². The highest BCUT2D eigenvalue weighted by molar-refractivity contribution is 9.10. The van der Waals surface area contributed by atoms with Gasteiger partial charge in [-0.15, -0.1) is 0 Å². The number of amides is 1. The van der Waals surface area contributed by atoms with Crippen LogP contribution in [0.4, 0.5) is 5.69 Å². The quantitative estimate of drug-likeness (QED) is 0.861. The number of halogens is 1. The first kappa shape index (κ1) is 17.7. The zero-order valence-corrected chi connectivity index (χ0v) is 15.4. The van der Waals surface area contributed by atoms with Crippen LogP contribution >= 0.6 is 15.9 Å². The van der Waals surface area contributed by atoms with Crippen molar-refractivity contribution < 1.29 is 13.2 Å². The summed E-state index contributed by atoms with van der Waals surface area (Å²) >= 11 is 3.38. The molecule has 0 aliphatic rings. The number of carbonyl (C=O) groups excluding carboxylic acids is 1. The van der Waals surface area contributed by atoms with Gasteiger partial charge in [-0.2, -0.15) is 0 Å². The number of anilines is 1. The molecule has 1 amide bonds. The van der Waals surface area contributed by atoms with E-state index in [4.69, 9.17) is 0 Å². The number of carbonyl (C=O) groups is 1. The van der Waals surface area contributed by atoms with Crippen LogP contribution in [0.25, 0.3) is 0 Å². The summed E-state index contributed by atoms with van der Waals surface area (Å²) in [4.78, 5) is 12.4. The minimum absolute atomic E-state index is 0.150. The standard InChI is InChI=1S/C16H17BrN2O3S/c1-11-8-13(17)10-14(9-11)18-16(20)12-4-6-15(7-5-12)23(21,22)19(2)3/h4-10H,1-3H3,(H,18,20). The highest BCUT2D eigenvalue weighted by atomic mass is 79.9. The van der Waals surface area contributed by atoms with E-state index in [2.05, 4.69) is 21.2 Å². The van der Waals surface area contributed by atoms with E-state index in [1.807, 2.05) is 19.1 Å². The third-order valence-corrected chi connectivity index (χ3v) is 5.48. The van der Waals surface area contributed by atoms with Crippen LogP contribution in [0, 0.1) is 6.92 Å². The fraction of sp³-hybridized carbons (Fsp3) is 0.188. The van der Waals surface area contributed by atoms with E-state index < -0.39 is 10.0 Å². The summed E-state index contributed by atoms with van der Waals surface area (Å²) in [6.07, 6.45) is 0. The maximum Gasteiger partial charge on any atom is 0.255 e. The Bertz CT molecular complexity index is 811. The van der Waals surface area contributed by atoms with Gasteiger partial charge >= 0.3 is 0 Å². The van der Waals surface area contributed by atoms with Crippen LogP contribution in [0.5, 0.6) is 0 Å². The molecule has 0 saturated carbocycles. The number of hydrogen-bond acceptors (Lipinski definition) is 3. The molecular formula is C16H17BrN2O3S. The summed E-state index contributed by atoms with van der Waals surface area (Å²) in [6, 6.07) is 11.4. The molecule has 0 saturated heterocycles. The van der Waals surface area contributed by atoms with Crippen LogP contribution in [0.2, 0.25) is 0 Å². The summed E-state index contributed by atoms with van der Waals surface area (Å²) < 4.78 is 26.0. The monoisotopic (exact) mass is 396 g/mol. The van der Waals surface area contributed by atoms with Gasteiger partial charge in [-0.05, 0) is 55.0 Å². The lowest BCUT2D eigenvalue weighted by Crippen LogP contribution is -2.22. The predicted octanol–water partition coefficient (Wildman–Crippen LogP) is 3.26. The molecule has 0 aromatic heterocycles. The molecular weight excluding hydrogens is 380 g/mol. The van der Waals surface area contributed by atoms with Crippen LogP contribution < -0.4 is 5.32 Å². The lowest BCUT2D eigenvalue weighted by Gasteiger charge is -2.12. The van der Waals surface area contributed by atoms with Gasteiger partial charge in [-0.3, -0.25) is 4.79 Å². The second kappa shape index (κ2) is 6.82. The zero-order valence-electron chi connectivity index (χ0n) is 13.0. The second-order valence-electron chi connectivity index (χ2n) is 5.28. The molecule has 0 atom stereocenters. The summed E-state index contributed by atoms with van der Waals surface area (Å²) in [5, 5.41) is 2.79. The molecule has 0 heterocycles. The Balaban J connectivity index is 2.21. The number of sulfonamides is 1. The lowest BCUT2D eigenvalue weighted by atomic mass is 10.2. The fourth-order valence-electron chi connectivity index (χ4n) is 2.00. The van der Waals surface area contributed by atoms with Crippen LogP contribution in [0.3, 0.4) is 0 Å². The number of nitrogens with zero attached hydrogens (tertiary/aromatic N) is 1. The van der Waals surface area contributed by atoms with Gasteiger partial charge in [0.15, 0.2) is 0 Å². The summed E-state index contributed by atoms with van der Waals surface area (Å²) in [5.74, 6) is -0.295. The van der Waals surface area contributed by atoms with Crippen molar-refractivity contribution in [2.24, 2.45) is 0 Å². The summed E-state index contributed by atoms with van der Waals surface area (Å²) in [7, 11) is -0.566. The average Bonchev–Trinajstić information content (AvgIpc) is 2.46. The first-order valence-corrected chi connectivity index (χ1v) is 9.04. The molecule has 0 aliphatic heterocycles. The molecule has 2 rings (SSSR count). The Morgan fingerprint density at radius 1 is 1.09 bits per heavy atom.